The van der Waals surface area contributed by atoms with Crippen LogP contribution >= 0.6 is 12.2 Å². The molecule has 2 aromatic rings. The normalized spacial score (nSPS) is 17.4. The zero-order chi connectivity index (χ0) is 15.0. The van der Waals surface area contributed by atoms with Gasteiger partial charge in [-0.15, -0.1) is 0 Å². The molecule has 1 aliphatic rings. The maximum Gasteiger partial charge on any atom is 0.133 e. The first-order chi connectivity index (χ1) is 10.1. The van der Waals surface area contributed by atoms with Gasteiger partial charge >= 0.3 is 0 Å². The van der Waals surface area contributed by atoms with Crippen LogP contribution in [0.15, 0.2) is 24.3 Å². The van der Waals surface area contributed by atoms with Gasteiger partial charge in [0.05, 0.1) is 6.61 Å². The minimum Gasteiger partial charge on any atom is -0.493 e. The Hall–Kier alpha value is -1.68. The van der Waals surface area contributed by atoms with Gasteiger partial charge in [-0.05, 0) is 25.3 Å². The molecule has 1 aromatic heterocycles. The Kier molecular flexibility index (Phi) is 3.81. The van der Waals surface area contributed by atoms with Crippen molar-refractivity contribution in [3.8, 4) is 5.75 Å². The molecular weight excluding hydrogens is 280 g/mol. The van der Waals surface area contributed by atoms with E-state index in [9.17, 15) is 0 Å². The van der Waals surface area contributed by atoms with Crippen LogP contribution in [0.2, 0.25) is 0 Å². The minimum atomic E-state index is 0.233. The van der Waals surface area contributed by atoms with Crippen molar-refractivity contribution in [3.63, 3.8) is 0 Å². The van der Waals surface area contributed by atoms with Crippen LogP contribution in [0.4, 0.5) is 0 Å². The number of nitrogens with zero attached hydrogens (tertiary/aromatic N) is 1. The third-order valence-corrected chi connectivity index (χ3v) is 4.35. The lowest BCUT2D eigenvalue weighted by Gasteiger charge is -2.26. The quantitative estimate of drug-likeness (QED) is 0.831. The molecule has 4 heteroatoms. The first-order valence-electron chi connectivity index (χ1n) is 7.40. The molecule has 0 saturated carbocycles. The van der Waals surface area contributed by atoms with Gasteiger partial charge in [-0.25, -0.2) is 4.98 Å². The van der Waals surface area contributed by atoms with E-state index in [1.807, 2.05) is 18.2 Å². The first-order valence-corrected chi connectivity index (χ1v) is 7.81. The molecule has 3 rings (SSSR count). The number of hydrogen-bond donors (Lipinski definition) is 1. The van der Waals surface area contributed by atoms with Crippen LogP contribution in [0, 0.1) is 11.6 Å². The van der Waals surface area contributed by atoms with Crippen molar-refractivity contribution in [2.24, 2.45) is 0 Å². The number of H-pyrrole nitrogens is 1. The number of ether oxygens (including phenoxy) is 1. The highest BCUT2D eigenvalue weighted by Crippen LogP contribution is 2.36. The Morgan fingerprint density at radius 2 is 2.10 bits per heavy atom. The number of rotatable bonds is 2. The number of nitrogens with one attached hydrogen (secondary N) is 1. The number of benzene rings is 1. The minimum absolute atomic E-state index is 0.233. The Morgan fingerprint density at radius 3 is 2.81 bits per heavy atom. The van der Waals surface area contributed by atoms with Crippen molar-refractivity contribution in [3.05, 3.63) is 51.6 Å². The van der Waals surface area contributed by atoms with Gasteiger partial charge in [-0.2, -0.15) is 0 Å². The maximum absolute atomic E-state index is 5.73. The largest absolute Gasteiger partial charge is 0.493 e. The Morgan fingerprint density at radius 1 is 1.33 bits per heavy atom. The average molecular weight is 300 g/mol. The van der Waals surface area contributed by atoms with Gasteiger partial charge in [0.25, 0.3) is 0 Å². The summed E-state index contributed by atoms with van der Waals surface area (Å²) >= 11 is 5.51. The van der Waals surface area contributed by atoms with E-state index in [1.165, 1.54) is 5.56 Å². The standard InChI is InChI=1S/C17H20N2OS/c1-10(2)15-11(3)18-16(19-17(15)21)13-8-9-20-14-7-5-4-6-12(13)14/h4-7,10,13H,8-9H2,1-3H3,(H,18,19,21). The summed E-state index contributed by atoms with van der Waals surface area (Å²) < 4.78 is 6.45. The van der Waals surface area contributed by atoms with Crippen molar-refractivity contribution < 1.29 is 4.74 Å². The van der Waals surface area contributed by atoms with E-state index in [0.717, 1.165) is 40.5 Å². The lowest BCUT2D eigenvalue weighted by Crippen LogP contribution is -2.18. The molecule has 0 fully saturated rings. The maximum atomic E-state index is 5.73. The fourth-order valence-corrected chi connectivity index (χ4v) is 3.58. The van der Waals surface area contributed by atoms with Gasteiger partial charge < -0.3 is 9.72 Å². The molecule has 0 aliphatic carbocycles. The number of aromatic nitrogens is 2. The van der Waals surface area contributed by atoms with Crippen molar-refractivity contribution in [1.29, 1.82) is 0 Å². The topological polar surface area (TPSA) is 37.9 Å². The van der Waals surface area contributed by atoms with Crippen molar-refractivity contribution in [1.82, 2.24) is 9.97 Å². The van der Waals surface area contributed by atoms with Crippen LogP contribution in [0.3, 0.4) is 0 Å². The van der Waals surface area contributed by atoms with Crippen LogP contribution in [0.25, 0.3) is 0 Å². The molecule has 21 heavy (non-hydrogen) atoms. The predicted octanol–water partition coefficient (Wildman–Crippen LogP) is 4.49. The summed E-state index contributed by atoms with van der Waals surface area (Å²) in [7, 11) is 0. The molecule has 0 bridgehead atoms. The number of aryl methyl sites for hydroxylation is 1. The van der Waals surface area contributed by atoms with Crippen LogP contribution in [-0.2, 0) is 0 Å². The molecule has 0 saturated heterocycles. The van der Waals surface area contributed by atoms with Gasteiger partial charge in [0.2, 0.25) is 0 Å². The van der Waals surface area contributed by atoms with E-state index in [0.29, 0.717) is 5.92 Å². The highest BCUT2D eigenvalue weighted by Gasteiger charge is 2.25. The predicted molar refractivity (Wildman–Crippen MR) is 86.6 cm³/mol. The molecule has 1 aromatic carbocycles. The molecule has 2 heterocycles. The van der Waals surface area contributed by atoms with E-state index in [4.69, 9.17) is 17.0 Å². The highest BCUT2D eigenvalue weighted by atomic mass is 32.1. The second kappa shape index (κ2) is 5.60. The second-order valence-electron chi connectivity index (χ2n) is 5.85. The van der Waals surface area contributed by atoms with Crippen molar-refractivity contribution in [2.75, 3.05) is 6.61 Å². The third-order valence-electron chi connectivity index (χ3n) is 4.04. The second-order valence-corrected chi connectivity index (χ2v) is 6.23. The highest BCUT2D eigenvalue weighted by molar-refractivity contribution is 7.71. The SMILES string of the molecule is Cc1[nH]c(C2CCOc3ccccc32)nc(=S)c1C(C)C. The summed E-state index contributed by atoms with van der Waals surface area (Å²) in [6.07, 6.45) is 0.926. The summed E-state index contributed by atoms with van der Waals surface area (Å²) in [5, 5.41) is 0. The van der Waals surface area contributed by atoms with E-state index in [-0.39, 0.29) is 5.92 Å². The van der Waals surface area contributed by atoms with Gasteiger partial charge in [0.15, 0.2) is 0 Å². The average Bonchev–Trinajstić information content (AvgIpc) is 2.45. The molecule has 0 radical (unpaired) electrons. The summed E-state index contributed by atoms with van der Waals surface area (Å²) in [5.74, 6) is 2.53. The Labute approximate surface area is 130 Å². The molecule has 3 nitrogen and oxygen atoms in total. The van der Waals surface area contributed by atoms with Crippen LogP contribution in [0.5, 0.6) is 5.75 Å². The fourth-order valence-electron chi connectivity index (χ4n) is 3.09. The van der Waals surface area contributed by atoms with Gasteiger partial charge in [-0.1, -0.05) is 44.3 Å². The summed E-state index contributed by atoms with van der Waals surface area (Å²) in [4.78, 5) is 8.16. The molecule has 0 spiro atoms. The van der Waals surface area contributed by atoms with Crippen LogP contribution in [0.1, 0.15) is 54.7 Å². The Balaban J connectivity index is 2.09. The van der Waals surface area contributed by atoms with Crippen LogP contribution in [-0.4, -0.2) is 16.6 Å². The van der Waals surface area contributed by atoms with E-state index < -0.39 is 0 Å². The van der Waals surface area contributed by atoms with E-state index in [2.05, 4.69) is 36.8 Å². The Bertz CT molecular complexity index is 721. The zero-order valence-electron chi connectivity index (χ0n) is 12.6. The molecule has 1 unspecified atom stereocenters. The number of aromatic amines is 1. The van der Waals surface area contributed by atoms with E-state index in [1.54, 1.807) is 0 Å². The van der Waals surface area contributed by atoms with E-state index >= 15 is 0 Å². The van der Waals surface area contributed by atoms with Gasteiger partial charge in [0.1, 0.15) is 16.2 Å². The smallest absolute Gasteiger partial charge is 0.133 e. The molecule has 1 N–H and O–H groups in total. The molecule has 1 aliphatic heterocycles. The van der Waals surface area contributed by atoms with Crippen molar-refractivity contribution in [2.45, 2.75) is 39.0 Å². The van der Waals surface area contributed by atoms with Crippen LogP contribution < -0.4 is 4.74 Å². The molecule has 110 valence electrons. The summed E-state index contributed by atoms with van der Waals surface area (Å²) in [6, 6.07) is 8.18. The molecule has 0 amide bonds. The zero-order valence-corrected chi connectivity index (χ0v) is 13.5. The van der Waals surface area contributed by atoms with Crippen molar-refractivity contribution >= 4 is 12.2 Å². The molecule has 1 atom stereocenters. The summed E-state index contributed by atoms with van der Waals surface area (Å²) in [5.41, 5.74) is 3.47. The first kappa shape index (κ1) is 14.3. The number of hydrogen-bond acceptors (Lipinski definition) is 3. The number of para-hydroxylation sites is 1. The fraction of sp³-hybridized carbons (Fsp3) is 0.412. The number of fused-ring (bicyclic) bond motifs is 1. The summed E-state index contributed by atoms with van der Waals surface area (Å²) in [6.45, 7) is 7.10. The lowest BCUT2D eigenvalue weighted by molar-refractivity contribution is 0.274. The third kappa shape index (κ3) is 2.60. The van der Waals surface area contributed by atoms with Gasteiger partial charge in [-0.3, -0.25) is 0 Å². The van der Waals surface area contributed by atoms with Gasteiger partial charge in [0, 0.05) is 22.7 Å². The lowest BCUT2D eigenvalue weighted by atomic mass is 9.92. The monoisotopic (exact) mass is 300 g/mol. The molecular formula is C17H20N2OS.